The first-order valence-electron chi connectivity index (χ1n) is 10.0. The minimum Gasteiger partial charge on any atom is -0.314 e. The molecule has 0 unspecified atom stereocenters. The minimum atomic E-state index is -0.538. The number of para-hydroxylation sites is 2. The van der Waals surface area contributed by atoms with Crippen molar-refractivity contribution in [3.05, 3.63) is 105 Å². The van der Waals surface area contributed by atoms with E-state index in [1.165, 1.54) is 9.47 Å². The van der Waals surface area contributed by atoms with Crippen LogP contribution < -0.4 is 16.1 Å². The lowest BCUT2D eigenvalue weighted by molar-refractivity contribution is -0.118. The van der Waals surface area contributed by atoms with Crippen LogP contribution in [-0.4, -0.2) is 22.1 Å². The summed E-state index contributed by atoms with van der Waals surface area (Å²) in [5, 5.41) is 0.386. The number of carbonyl (C=O) groups is 1. The van der Waals surface area contributed by atoms with Gasteiger partial charge in [-0.1, -0.05) is 36.4 Å². The topological polar surface area (TPSA) is 64.3 Å². The first-order chi connectivity index (χ1) is 14.9. The molecule has 0 aliphatic carbocycles. The minimum absolute atomic E-state index is 0.185. The van der Waals surface area contributed by atoms with Gasteiger partial charge in [-0.15, -0.1) is 0 Å². The smallest absolute Gasteiger partial charge is 0.314 e. The lowest BCUT2D eigenvalue weighted by Crippen LogP contribution is -2.42. The summed E-state index contributed by atoms with van der Waals surface area (Å²) in [6.07, 6.45) is 0. The molecule has 0 atom stereocenters. The van der Waals surface area contributed by atoms with Crippen molar-refractivity contribution < 1.29 is 4.79 Å². The van der Waals surface area contributed by atoms with E-state index in [-0.39, 0.29) is 12.5 Å². The van der Waals surface area contributed by atoms with Gasteiger partial charge in [0.25, 0.3) is 5.56 Å². The Hall–Kier alpha value is -3.93. The van der Waals surface area contributed by atoms with Crippen molar-refractivity contribution in [1.29, 1.82) is 0 Å². The summed E-state index contributed by atoms with van der Waals surface area (Å²) < 4.78 is 2.52. The molecule has 0 aliphatic heterocycles. The molecule has 4 rings (SSSR count). The predicted molar refractivity (Wildman–Crippen MR) is 123 cm³/mol. The van der Waals surface area contributed by atoms with Crippen LogP contribution in [0.25, 0.3) is 16.6 Å². The molecule has 0 bridgehead atoms. The molecule has 3 aromatic carbocycles. The number of benzene rings is 3. The normalized spacial score (nSPS) is 10.9. The van der Waals surface area contributed by atoms with Crippen LogP contribution in [0.1, 0.15) is 11.1 Å². The zero-order chi connectivity index (χ0) is 22.1. The van der Waals surface area contributed by atoms with Gasteiger partial charge < -0.3 is 4.90 Å². The molecule has 0 N–H and O–H groups in total. The maximum Gasteiger partial charge on any atom is 0.336 e. The van der Waals surface area contributed by atoms with Gasteiger partial charge >= 0.3 is 5.69 Å². The maximum atomic E-state index is 13.5. The molecule has 1 amide bonds. The van der Waals surface area contributed by atoms with E-state index in [9.17, 15) is 14.4 Å². The van der Waals surface area contributed by atoms with Crippen LogP contribution in [0.2, 0.25) is 0 Å². The van der Waals surface area contributed by atoms with Crippen LogP contribution in [0.4, 0.5) is 5.69 Å². The molecule has 0 spiro atoms. The van der Waals surface area contributed by atoms with E-state index in [0.717, 1.165) is 21.4 Å². The van der Waals surface area contributed by atoms with E-state index in [1.54, 1.807) is 43.4 Å². The Bertz CT molecular complexity index is 1380. The molecule has 0 aliphatic rings. The highest BCUT2D eigenvalue weighted by molar-refractivity contribution is 5.93. The largest absolute Gasteiger partial charge is 0.336 e. The third-order valence-electron chi connectivity index (χ3n) is 5.33. The van der Waals surface area contributed by atoms with Crippen LogP contribution in [0.15, 0.2) is 82.4 Å². The number of nitrogens with zero attached hydrogens (tertiary/aromatic N) is 3. The highest BCUT2D eigenvalue weighted by Crippen LogP contribution is 2.15. The maximum absolute atomic E-state index is 13.5. The van der Waals surface area contributed by atoms with E-state index in [2.05, 4.69) is 0 Å². The molecule has 0 fully saturated rings. The second kappa shape index (κ2) is 8.07. The van der Waals surface area contributed by atoms with Crippen LogP contribution in [-0.2, 0) is 11.3 Å². The predicted octanol–water partition coefficient (Wildman–Crippen LogP) is 3.43. The first kappa shape index (κ1) is 20.3. The average Bonchev–Trinajstić information content (AvgIpc) is 2.76. The number of aromatic nitrogens is 2. The molecule has 1 heterocycles. The second-order valence-electron chi connectivity index (χ2n) is 7.66. The Morgan fingerprint density at radius 2 is 1.48 bits per heavy atom. The molecule has 6 heteroatoms. The number of rotatable bonds is 4. The SMILES string of the molecule is Cc1cc(C)cc(-n2c(=O)c3ccccc3n(CC(=O)N(C)c3ccccc3)c2=O)c1. The molecule has 4 aromatic rings. The number of anilines is 1. The average molecular weight is 413 g/mol. The van der Waals surface area contributed by atoms with Gasteiger partial charge in [-0.3, -0.25) is 14.2 Å². The van der Waals surface area contributed by atoms with Crippen LogP contribution in [0.5, 0.6) is 0 Å². The van der Waals surface area contributed by atoms with Crippen LogP contribution in [0.3, 0.4) is 0 Å². The zero-order valence-corrected chi connectivity index (χ0v) is 17.7. The van der Waals surface area contributed by atoms with Gasteiger partial charge in [0.2, 0.25) is 5.91 Å². The van der Waals surface area contributed by atoms with Crippen LogP contribution in [0, 0.1) is 13.8 Å². The Morgan fingerprint density at radius 3 is 2.16 bits per heavy atom. The third kappa shape index (κ3) is 3.80. The molecule has 0 radical (unpaired) electrons. The summed E-state index contributed by atoms with van der Waals surface area (Å²) in [6, 6.07) is 21.7. The fourth-order valence-electron chi connectivity index (χ4n) is 3.82. The lowest BCUT2D eigenvalue weighted by Gasteiger charge is -2.19. The number of carbonyl (C=O) groups excluding carboxylic acids is 1. The quantitative estimate of drug-likeness (QED) is 0.515. The molecule has 1 aromatic heterocycles. The van der Waals surface area contributed by atoms with Gasteiger partial charge in [0.15, 0.2) is 0 Å². The lowest BCUT2D eigenvalue weighted by atomic mass is 10.1. The second-order valence-corrected chi connectivity index (χ2v) is 7.66. The summed E-state index contributed by atoms with van der Waals surface area (Å²) in [7, 11) is 1.67. The highest BCUT2D eigenvalue weighted by atomic mass is 16.2. The molecule has 0 saturated heterocycles. The first-order valence-corrected chi connectivity index (χ1v) is 10.0. The summed E-state index contributed by atoms with van der Waals surface area (Å²) in [5.74, 6) is -0.260. The van der Waals surface area contributed by atoms with Crippen molar-refractivity contribution in [2.75, 3.05) is 11.9 Å². The van der Waals surface area contributed by atoms with Gasteiger partial charge in [0.05, 0.1) is 16.6 Å². The molecule has 156 valence electrons. The summed E-state index contributed by atoms with van der Waals surface area (Å²) >= 11 is 0. The van der Waals surface area contributed by atoms with Crippen molar-refractivity contribution in [2.24, 2.45) is 0 Å². The number of amides is 1. The Kier molecular flexibility index (Phi) is 5.29. The van der Waals surface area contributed by atoms with Gasteiger partial charge in [-0.05, 0) is 61.4 Å². The summed E-state index contributed by atoms with van der Waals surface area (Å²) in [4.78, 5) is 41.2. The Labute approximate surface area is 179 Å². The van der Waals surface area contributed by atoms with Gasteiger partial charge in [-0.2, -0.15) is 0 Å². The zero-order valence-electron chi connectivity index (χ0n) is 17.7. The number of hydrogen-bond donors (Lipinski definition) is 0. The molecular weight excluding hydrogens is 390 g/mol. The molecule has 31 heavy (non-hydrogen) atoms. The highest BCUT2D eigenvalue weighted by Gasteiger charge is 2.19. The number of likely N-dealkylation sites (N-methyl/N-ethyl adjacent to an activating group) is 1. The van der Waals surface area contributed by atoms with Crippen molar-refractivity contribution in [1.82, 2.24) is 9.13 Å². The van der Waals surface area contributed by atoms with Gasteiger partial charge in [0.1, 0.15) is 6.54 Å². The van der Waals surface area contributed by atoms with E-state index < -0.39 is 11.2 Å². The van der Waals surface area contributed by atoms with Crippen molar-refractivity contribution in [3.8, 4) is 5.69 Å². The fraction of sp³-hybridized carbons (Fsp3) is 0.160. The summed E-state index contributed by atoms with van der Waals surface area (Å²) in [5.41, 5.74) is 2.62. The molecule has 6 nitrogen and oxygen atoms in total. The summed E-state index contributed by atoms with van der Waals surface area (Å²) in [6.45, 7) is 3.65. The third-order valence-corrected chi connectivity index (χ3v) is 5.33. The molecular formula is C25H23N3O3. The van der Waals surface area contributed by atoms with E-state index in [0.29, 0.717) is 16.6 Å². The number of hydrogen-bond acceptors (Lipinski definition) is 3. The Balaban J connectivity index is 1.90. The van der Waals surface area contributed by atoms with Crippen molar-refractivity contribution >= 4 is 22.5 Å². The van der Waals surface area contributed by atoms with Gasteiger partial charge in [-0.25, -0.2) is 9.36 Å². The van der Waals surface area contributed by atoms with Crippen molar-refractivity contribution in [2.45, 2.75) is 20.4 Å². The number of fused-ring (bicyclic) bond motifs is 1. The fourth-order valence-corrected chi connectivity index (χ4v) is 3.82. The van der Waals surface area contributed by atoms with Crippen molar-refractivity contribution in [3.63, 3.8) is 0 Å². The van der Waals surface area contributed by atoms with Gasteiger partial charge in [0, 0.05) is 12.7 Å². The monoisotopic (exact) mass is 413 g/mol. The number of aryl methyl sites for hydroxylation is 2. The standard InChI is InChI=1S/C25H23N3O3/c1-17-13-18(2)15-20(14-17)28-24(30)21-11-7-8-12-22(21)27(25(28)31)16-23(29)26(3)19-9-5-4-6-10-19/h4-15H,16H2,1-3H3. The Morgan fingerprint density at radius 1 is 0.871 bits per heavy atom. The molecule has 0 saturated carbocycles. The van der Waals surface area contributed by atoms with Crippen LogP contribution >= 0.6 is 0 Å². The van der Waals surface area contributed by atoms with E-state index >= 15 is 0 Å². The van der Waals surface area contributed by atoms with E-state index in [4.69, 9.17) is 0 Å². The van der Waals surface area contributed by atoms with E-state index in [1.807, 2.05) is 50.2 Å².